The molecule has 0 aromatic carbocycles. The maximum Gasteiger partial charge on any atom is 0.260 e. The third kappa shape index (κ3) is 4.71. The number of carbonyl (C=O) groups excluding carboxylic acids is 1. The second kappa shape index (κ2) is 6.96. The highest BCUT2D eigenvalue weighted by atomic mass is 16.5. The largest absolute Gasteiger partial charge is 0.379 e. The summed E-state index contributed by atoms with van der Waals surface area (Å²) in [7, 11) is 0. The number of aromatic amines is 1. The lowest BCUT2D eigenvalue weighted by molar-refractivity contribution is 0.0885. The third-order valence-electron chi connectivity index (χ3n) is 2.28. The molecule has 0 aliphatic carbocycles. The van der Waals surface area contributed by atoms with Gasteiger partial charge in [0.2, 0.25) is 0 Å². The van der Waals surface area contributed by atoms with Gasteiger partial charge < -0.3 is 15.0 Å². The minimum absolute atomic E-state index is 0.129. The Balaban J connectivity index is 2.39. The van der Waals surface area contributed by atoms with Crippen molar-refractivity contribution in [2.75, 3.05) is 19.8 Å². The minimum Gasteiger partial charge on any atom is -0.379 e. The summed E-state index contributed by atoms with van der Waals surface area (Å²) >= 11 is 0. The fourth-order valence-electron chi connectivity index (χ4n) is 1.40. The van der Waals surface area contributed by atoms with Gasteiger partial charge in [-0.25, -0.2) is 0 Å². The van der Waals surface area contributed by atoms with Gasteiger partial charge in [-0.3, -0.25) is 9.59 Å². The molecule has 0 spiro atoms. The topological polar surface area (TPSA) is 71.2 Å². The lowest BCUT2D eigenvalue weighted by atomic mass is 10.2. The van der Waals surface area contributed by atoms with Gasteiger partial charge in [0.05, 0.1) is 6.61 Å². The highest BCUT2D eigenvalue weighted by Gasteiger charge is 2.09. The van der Waals surface area contributed by atoms with Crippen LogP contribution in [0.15, 0.2) is 16.9 Å². The molecule has 1 aromatic rings. The standard InChI is InChI=1S/C13H20N2O3/c1-9(2)8-18-7-6-14-12(16)11-5-4-10(3)15-13(11)17/h4-5,9H,6-8H2,1-3H3,(H,14,16)(H,15,17). The summed E-state index contributed by atoms with van der Waals surface area (Å²) < 4.78 is 5.33. The van der Waals surface area contributed by atoms with E-state index >= 15 is 0 Å². The monoisotopic (exact) mass is 252 g/mol. The number of hydrogen-bond acceptors (Lipinski definition) is 3. The molecule has 5 heteroatoms. The van der Waals surface area contributed by atoms with Crippen LogP contribution in [0, 0.1) is 12.8 Å². The van der Waals surface area contributed by atoms with E-state index < -0.39 is 0 Å². The summed E-state index contributed by atoms with van der Waals surface area (Å²) in [6.45, 7) is 7.41. The Kier molecular flexibility index (Phi) is 5.58. The molecule has 0 unspecified atom stereocenters. The van der Waals surface area contributed by atoms with Gasteiger partial charge in [0.25, 0.3) is 11.5 Å². The van der Waals surface area contributed by atoms with Crippen molar-refractivity contribution >= 4 is 5.91 Å². The Labute approximate surface area is 107 Å². The quantitative estimate of drug-likeness (QED) is 0.744. The number of hydrogen-bond donors (Lipinski definition) is 2. The van der Waals surface area contributed by atoms with Gasteiger partial charge >= 0.3 is 0 Å². The Morgan fingerprint density at radius 1 is 1.44 bits per heavy atom. The number of H-pyrrole nitrogens is 1. The summed E-state index contributed by atoms with van der Waals surface area (Å²) in [5.74, 6) is 0.102. The lowest BCUT2D eigenvalue weighted by Crippen LogP contribution is -2.32. The lowest BCUT2D eigenvalue weighted by Gasteiger charge is -2.08. The summed E-state index contributed by atoms with van der Waals surface area (Å²) in [5, 5.41) is 2.65. The van der Waals surface area contributed by atoms with Crippen LogP contribution >= 0.6 is 0 Å². The Morgan fingerprint density at radius 3 is 2.78 bits per heavy atom. The zero-order chi connectivity index (χ0) is 13.5. The van der Waals surface area contributed by atoms with Crippen LogP contribution in [-0.4, -0.2) is 30.6 Å². The number of rotatable bonds is 6. The second-order valence-corrected chi connectivity index (χ2v) is 4.61. The van der Waals surface area contributed by atoms with E-state index in [9.17, 15) is 9.59 Å². The first-order valence-corrected chi connectivity index (χ1v) is 6.06. The molecule has 1 aromatic heterocycles. The molecular formula is C13H20N2O3. The van der Waals surface area contributed by atoms with Gasteiger partial charge in [0.1, 0.15) is 5.56 Å². The number of ether oxygens (including phenoxy) is 1. The molecule has 0 bridgehead atoms. The van der Waals surface area contributed by atoms with Crippen LogP contribution in [-0.2, 0) is 4.74 Å². The zero-order valence-electron chi connectivity index (χ0n) is 11.1. The van der Waals surface area contributed by atoms with Crippen LogP contribution in [0.3, 0.4) is 0 Å². The second-order valence-electron chi connectivity index (χ2n) is 4.61. The normalized spacial score (nSPS) is 10.7. The van der Waals surface area contributed by atoms with E-state index in [-0.39, 0.29) is 17.0 Å². The van der Waals surface area contributed by atoms with Gasteiger partial charge in [-0.2, -0.15) is 0 Å². The van der Waals surface area contributed by atoms with Crippen LogP contribution in [0.1, 0.15) is 29.9 Å². The molecule has 0 radical (unpaired) electrons. The molecular weight excluding hydrogens is 232 g/mol. The number of nitrogens with one attached hydrogen (secondary N) is 2. The van der Waals surface area contributed by atoms with Crippen molar-refractivity contribution in [3.63, 3.8) is 0 Å². The smallest absolute Gasteiger partial charge is 0.260 e. The average molecular weight is 252 g/mol. The zero-order valence-corrected chi connectivity index (χ0v) is 11.1. The molecule has 0 saturated carbocycles. The number of pyridine rings is 1. The maximum atomic E-state index is 11.7. The first-order chi connectivity index (χ1) is 8.50. The number of aryl methyl sites for hydroxylation is 1. The van der Waals surface area contributed by atoms with E-state index in [1.54, 1.807) is 13.0 Å². The molecule has 2 N–H and O–H groups in total. The van der Waals surface area contributed by atoms with E-state index in [4.69, 9.17) is 4.74 Å². The average Bonchev–Trinajstić information content (AvgIpc) is 2.27. The van der Waals surface area contributed by atoms with Crippen molar-refractivity contribution < 1.29 is 9.53 Å². The van der Waals surface area contributed by atoms with Crippen molar-refractivity contribution in [1.82, 2.24) is 10.3 Å². The molecule has 100 valence electrons. The van der Waals surface area contributed by atoms with Gasteiger partial charge in [-0.1, -0.05) is 13.8 Å². The van der Waals surface area contributed by atoms with Crippen molar-refractivity contribution in [3.05, 3.63) is 33.7 Å². The van der Waals surface area contributed by atoms with E-state index in [2.05, 4.69) is 24.1 Å². The summed E-state index contributed by atoms with van der Waals surface area (Å²) in [5.41, 5.74) is 0.497. The van der Waals surface area contributed by atoms with Crippen molar-refractivity contribution in [3.8, 4) is 0 Å². The fourth-order valence-corrected chi connectivity index (χ4v) is 1.40. The molecule has 18 heavy (non-hydrogen) atoms. The molecule has 0 atom stereocenters. The molecule has 1 amide bonds. The third-order valence-corrected chi connectivity index (χ3v) is 2.28. The SMILES string of the molecule is Cc1ccc(C(=O)NCCOCC(C)C)c(=O)[nH]1. The Bertz CT molecular complexity index is 452. The Morgan fingerprint density at radius 2 is 2.17 bits per heavy atom. The number of aromatic nitrogens is 1. The Hall–Kier alpha value is -1.62. The molecule has 5 nitrogen and oxygen atoms in total. The molecule has 0 aliphatic rings. The summed E-state index contributed by atoms with van der Waals surface area (Å²) in [6.07, 6.45) is 0. The van der Waals surface area contributed by atoms with E-state index in [1.165, 1.54) is 6.07 Å². The molecule has 1 rings (SSSR count). The van der Waals surface area contributed by atoms with E-state index in [0.717, 1.165) is 5.69 Å². The maximum absolute atomic E-state index is 11.7. The van der Waals surface area contributed by atoms with E-state index in [1.807, 2.05) is 0 Å². The van der Waals surface area contributed by atoms with Crippen molar-refractivity contribution in [2.45, 2.75) is 20.8 Å². The van der Waals surface area contributed by atoms with Gasteiger partial charge in [0, 0.05) is 18.8 Å². The van der Waals surface area contributed by atoms with Gasteiger partial charge in [-0.05, 0) is 25.0 Å². The number of carbonyl (C=O) groups is 1. The predicted octanol–water partition coefficient (Wildman–Crippen LogP) is 1.09. The minimum atomic E-state index is -0.371. The molecule has 0 saturated heterocycles. The van der Waals surface area contributed by atoms with E-state index in [0.29, 0.717) is 25.7 Å². The van der Waals surface area contributed by atoms with Crippen LogP contribution in [0.2, 0.25) is 0 Å². The highest BCUT2D eigenvalue weighted by Crippen LogP contribution is 1.94. The molecule has 0 fully saturated rings. The van der Waals surface area contributed by atoms with Crippen molar-refractivity contribution in [2.24, 2.45) is 5.92 Å². The first-order valence-electron chi connectivity index (χ1n) is 6.06. The first kappa shape index (κ1) is 14.4. The van der Waals surface area contributed by atoms with Crippen LogP contribution in [0.4, 0.5) is 0 Å². The van der Waals surface area contributed by atoms with Gasteiger partial charge in [-0.15, -0.1) is 0 Å². The van der Waals surface area contributed by atoms with Gasteiger partial charge in [0.15, 0.2) is 0 Å². The van der Waals surface area contributed by atoms with Crippen LogP contribution < -0.4 is 10.9 Å². The van der Waals surface area contributed by atoms with Crippen LogP contribution in [0.5, 0.6) is 0 Å². The highest BCUT2D eigenvalue weighted by molar-refractivity contribution is 5.93. The molecule has 0 aliphatic heterocycles. The van der Waals surface area contributed by atoms with Crippen molar-refractivity contribution in [1.29, 1.82) is 0 Å². The van der Waals surface area contributed by atoms with Crippen LogP contribution in [0.25, 0.3) is 0 Å². The summed E-state index contributed by atoms with van der Waals surface area (Å²) in [6, 6.07) is 3.23. The number of amides is 1. The molecule has 1 heterocycles. The predicted molar refractivity (Wildman–Crippen MR) is 69.8 cm³/mol. The summed E-state index contributed by atoms with van der Waals surface area (Å²) in [4.78, 5) is 25.8. The fraction of sp³-hybridized carbons (Fsp3) is 0.538.